The van der Waals surface area contributed by atoms with E-state index in [2.05, 4.69) is 0 Å². The number of aliphatic hydroxyl groups excluding tert-OH is 1. The van der Waals surface area contributed by atoms with Crippen molar-refractivity contribution in [3.05, 3.63) is 64.7 Å². The summed E-state index contributed by atoms with van der Waals surface area (Å²) in [6.07, 6.45) is -0.570. The Morgan fingerprint density at radius 1 is 1.10 bits per heavy atom. The zero-order valence-electron chi connectivity index (χ0n) is 10.5. The summed E-state index contributed by atoms with van der Waals surface area (Å²) in [6, 6.07) is 10.5. The maximum absolute atomic E-state index is 13.6. The Morgan fingerprint density at radius 3 is 2.45 bits per heavy atom. The van der Waals surface area contributed by atoms with Gasteiger partial charge in [0.1, 0.15) is 11.6 Å². The molecular weight excluding hydrogens is 302 g/mol. The molecule has 0 heterocycles. The van der Waals surface area contributed by atoms with E-state index in [1.54, 1.807) is 18.2 Å². The van der Waals surface area contributed by atoms with Gasteiger partial charge in [-0.1, -0.05) is 17.7 Å². The summed E-state index contributed by atoms with van der Waals surface area (Å²) >= 11 is 7.29. The molecule has 0 spiro atoms. The van der Waals surface area contributed by atoms with Crippen molar-refractivity contribution in [2.75, 3.05) is 5.75 Å². The van der Waals surface area contributed by atoms with Crippen LogP contribution in [0.4, 0.5) is 8.78 Å². The Morgan fingerprint density at radius 2 is 1.80 bits per heavy atom. The Labute approximate surface area is 125 Å². The van der Waals surface area contributed by atoms with Crippen LogP contribution >= 0.6 is 23.4 Å². The molecule has 0 saturated carbocycles. The molecule has 106 valence electrons. The van der Waals surface area contributed by atoms with Crippen molar-refractivity contribution in [2.24, 2.45) is 0 Å². The molecule has 1 atom stereocenters. The van der Waals surface area contributed by atoms with E-state index in [0.29, 0.717) is 16.3 Å². The molecule has 0 aliphatic heterocycles. The van der Waals surface area contributed by atoms with E-state index in [1.807, 2.05) is 0 Å². The van der Waals surface area contributed by atoms with Gasteiger partial charge in [0.05, 0.1) is 6.10 Å². The van der Waals surface area contributed by atoms with E-state index in [1.165, 1.54) is 36.0 Å². The molecule has 0 aliphatic rings. The van der Waals surface area contributed by atoms with Crippen LogP contribution in [0.3, 0.4) is 0 Å². The first-order chi connectivity index (χ1) is 9.56. The highest BCUT2D eigenvalue weighted by Crippen LogP contribution is 2.24. The summed E-state index contributed by atoms with van der Waals surface area (Å²) in [6.45, 7) is 0. The number of rotatable bonds is 5. The van der Waals surface area contributed by atoms with Crippen LogP contribution in [0.25, 0.3) is 0 Å². The van der Waals surface area contributed by atoms with Crippen LogP contribution in [-0.2, 0) is 6.42 Å². The predicted octanol–water partition coefficient (Wildman–Crippen LogP) is 4.31. The number of hydrogen-bond donors (Lipinski definition) is 1. The zero-order valence-corrected chi connectivity index (χ0v) is 12.1. The SMILES string of the molecule is OC(CSc1ccc(F)cc1)Cc1c(F)cccc1Cl. The van der Waals surface area contributed by atoms with Crippen LogP contribution in [0.2, 0.25) is 5.02 Å². The topological polar surface area (TPSA) is 20.2 Å². The third-order valence-corrected chi connectivity index (χ3v) is 4.27. The zero-order chi connectivity index (χ0) is 14.5. The van der Waals surface area contributed by atoms with Crippen molar-refractivity contribution >= 4 is 23.4 Å². The predicted molar refractivity (Wildman–Crippen MR) is 78.2 cm³/mol. The van der Waals surface area contributed by atoms with Gasteiger partial charge in [-0.05, 0) is 36.4 Å². The van der Waals surface area contributed by atoms with E-state index in [9.17, 15) is 13.9 Å². The van der Waals surface area contributed by atoms with Crippen molar-refractivity contribution in [3.63, 3.8) is 0 Å². The fraction of sp³-hybridized carbons (Fsp3) is 0.200. The van der Waals surface area contributed by atoms with Gasteiger partial charge in [-0.2, -0.15) is 0 Å². The van der Waals surface area contributed by atoms with Gasteiger partial charge in [-0.25, -0.2) is 8.78 Å². The third-order valence-electron chi connectivity index (χ3n) is 2.76. The largest absolute Gasteiger partial charge is 0.392 e. The first kappa shape index (κ1) is 15.3. The van der Waals surface area contributed by atoms with Gasteiger partial charge >= 0.3 is 0 Å². The highest BCUT2D eigenvalue weighted by molar-refractivity contribution is 7.99. The number of aliphatic hydroxyl groups is 1. The van der Waals surface area contributed by atoms with E-state index < -0.39 is 11.9 Å². The Kier molecular flexibility index (Phi) is 5.40. The minimum Gasteiger partial charge on any atom is -0.392 e. The molecule has 2 aromatic rings. The lowest BCUT2D eigenvalue weighted by Gasteiger charge is -2.12. The number of thioether (sulfide) groups is 1. The molecule has 5 heteroatoms. The Hall–Kier alpha value is -1.10. The molecule has 0 fully saturated rings. The fourth-order valence-corrected chi connectivity index (χ4v) is 2.82. The maximum atomic E-state index is 13.6. The second-order valence-electron chi connectivity index (χ2n) is 4.32. The quantitative estimate of drug-likeness (QED) is 0.830. The second-order valence-corrected chi connectivity index (χ2v) is 5.82. The summed E-state index contributed by atoms with van der Waals surface area (Å²) in [5.41, 5.74) is 0.321. The smallest absolute Gasteiger partial charge is 0.127 e. The van der Waals surface area contributed by atoms with Crippen molar-refractivity contribution in [1.29, 1.82) is 0 Å². The summed E-state index contributed by atoms with van der Waals surface area (Å²) in [7, 11) is 0. The molecule has 2 aromatic carbocycles. The standard InChI is InChI=1S/C15H13ClF2OS/c16-14-2-1-3-15(18)13(14)8-11(19)9-20-12-6-4-10(17)5-7-12/h1-7,11,19H,8-9H2. The van der Waals surface area contributed by atoms with Crippen molar-refractivity contribution < 1.29 is 13.9 Å². The van der Waals surface area contributed by atoms with Crippen LogP contribution in [0.15, 0.2) is 47.4 Å². The highest BCUT2D eigenvalue weighted by Gasteiger charge is 2.13. The number of benzene rings is 2. The summed E-state index contributed by atoms with van der Waals surface area (Å²) < 4.78 is 26.3. The van der Waals surface area contributed by atoms with Crippen molar-refractivity contribution in [2.45, 2.75) is 17.4 Å². The van der Waals surface area contributed by atoms with Gasteiger partial charge < -0.3 is 5.11 Å². The molecule has 0 amide bonds. The summed E-state index contributed by atoms with van der Waals surface area (Å²) in [5, 5.41) is 10.3. The maximum Gasteiger partial charge on any atom is 0.127 e. The molecule has 0 aliphatic carbocycles. The molecule has 1 nitrogen and oxygen atoms in total. The number of hydrogen-bond acceptors (Lipinski definition) is 2. The molecule has 2 rings (SSSR count). The normalized spacial score (nSPS) is 12.4. The third kappa shape index (κ3) is 4.20. The van der Waals surface area contributed by atoms with Crippen LogP contribution in [0, 0.1) is 11.6 Å². The van der Waals surface area contributed by atoms with E-state index in [0.717, 1.165) is 4.90 Å². The van der Waals surface area contributed by atoms with Gasteiger partial charge in [0.25, 0.3) is 0 Å². The lowest BCUT2D eigenvalue weighted by Crippen LogP contribution is -2.14. The molecule has 20 heavy (non-hydrogen) atoms. The average Bonchev–Trinajstić information content (AvgIpc) is 2.42. The van der Waals surface area contributed by atoms with Gasteiger partial charge in [0.15, 0.2) is 0 Å². The second kappa shape index (κ2) is 7.07. The van der Waals surface area contributed by atoms with Crippen molar-refractivity contribution in [1.82, 2.24) is 0 Å². The van der Waals surface area contributed by atoms with Crippen LogP contribution in [0.1, 0.15) is 5.56 Å². The molecule has 1 unspecified atom stereocenters. The van der Waals surface area contributed by atoms with Crippen LogP contribution in [0.5, 0.6) is 0 Å². The molecule has 0 aromatic heterocycles. The summed E-state index contributed by atoms with van der Waals surface area (Å²) in [5.74, 6) is -0.326. The minimum atomic E-state index is -0.723. The summed E-state index contributed by atoms with van der Waals surface area (Å²) in [4.78, 5) is 0.852. The lowest BCUT2D eigenvalue weighted by molar-refractivity contribution is 0.199. The molecule has 0 saturated heterocycles. The van der Waals surface area contributed by atoms with Crippen molar-refractivity contribution in [3.8, 4) is 0 Å². The van der Waals surface area contributed by atoms with Gasteiger partial charge in [0, 0.05) is 27.7 Å². The first-order valence-electron chi connectivity index (χ1n) is 6.05. The molecular formula is C15H13ClF2OS. The van der Waals surface area contributed by atoms with Crippen LogP contribution < -0.4 is 0 Å². The number of halogens is 3. The lowest BCUT2D eigenvalue weighted by atomic mass is 10.1. The van der Waals surface area contributed by atoms with Gasteiger partial charge in [-0.3, -0.25) is 0 Å². The minimum absolute atomic E-state index is 0.152. The van der Waals surface area contributed by atoms with E-state index in [4.69, 9.17) is 11.6 Å². The fourth-order valence-electron chi connectivity index (χ4n) is 1.75. The van der Waals surface area contributed by atoms with Crippen LogP contribution in [-0.4, -0.2) is 17.0 Å². The molecule has 1 N–H and O–H groups in total. The van der Waals surface area contributed by atoms with Gasteiger partial charge in [0.2, 0.25) is 0 Å². The highest BCUT2D eigenvalue weighted by atomic mass is 35.5. The molecule has 0 bridgehead atoms. The Bertz CT molecular complexity index is 554. The Balaban J connectivity index is 1.92. The van der Waals surface area contributed by atoms with E-state index in [-0.39, 0.29) is 12.2 Å². The first-order valence-corrected chi connectivity index (χ1v) is 7.42. The van der Waals surface area contributed by atoms with E-state index >= 15 is 0 Å². The van der Waals surface area contributed by atoms with Gasteiger partial charge in [-0.15, -0.1) is 11.8 Å². The molecule has 0 radical (unpaired) electrons. The average molecular weight is 315 g/mol. The monoisotopic (exact) mass is 314 g/mol.